The Hall–Kier alpha value is -2.29. The zero-order valence-corrected chi connectivity index (χ0v) is 18.1. The molecule has 2 aromatic carbocycles. The number of likely N-dealkylation sites (tertiary alicyclic amines) is 1. The van der Waals surface area contributed by atoms with Gasteiger partial charge in [-0.15, -0.1) is 0 Å². The van der Waals surface area contributed by atoms with E-state index in [1.54, 1.807) is 4.90 Å². The van der Waals surface area contributed by atoms with Gasteiger partial charge in [0.05, 0.1) is 0 Å². The van der Waals surface area contributed by atoms with E-state index in [-0.39, 0.29) is 18.4 Å². The van der Waals surface area contributed by atoms with Gasteiger partial charge in [0, 0.05) is 19.1 Å². The van der Waals surface area contributed by atoms with Crippen LogP contribution in [0, 0.1) is 5.82 Å². The molecule has 1 saturated heterocycles. The fourth-order valence-corrected chi connectivity index (χ4v) is 5.01. The molecule has 1 heterocycles. The highest BCUT2D eigenvalue weighted by molar-refractivity contribution is 7.89. The number of hydrogen-bond donors (Lipinski definition) is 1. The average molecular weight is 434 g/mol. The number of nitrogens with one attached hydrogen (secondary N) is 1. The largest absolute Gasteiger partial charge is 0.340 e. The molecule has 8 heteroatoms. The third-order valence-corrected chi connectivity index (χ3v) is 6.95. The van der Waals surface area contributed by atoms with Crippen LogP contribution in [0.4, 0.5) is 4.39 Å². The van der Waals surface area contributed by atoms with Gasteiger partial charge >= 0.3 is 0 Å². The molecule has 1 fully saturated rings. The molecule has 1 N–H and O–H groups in total. The molecule has 0 aliphatic carbocycles. The minimum atomic E-state index is -4.21. The summed E-state index contributed by atoms with van der Waals surface area (Å²) in [7, 11) is -0.260. The molecule has 30 heavy (non-hydrogen) atoms. The van der Waals surface area contributed by atoms with Gasteiger partial charge in [-0.3, -0.25) is 4.79 Å². The standard InChI is InChI=1S/C22H28FN3O3S/c1-25(2)18-11-8-14-26(16-18)22(27)20(15-17-9-4-3-5-10-17)24-30(28,29)21-13-7-6-12-19(21)23/h3-7,9-10,12-13,18,20,24H,8,11,14-16H2,1-2H3. The lowest BCUT2D eigenvalue weighted by Gasteiger charge is -2.37. The van der Waals surface area contributed by atoms with Gasteiger partial charge in [-0.2, -0.15) is 4.72 Å². The molecule has 2 unspecified atom stereocenters. The van der Waals surface area contributed by atoms with Gasteiger partial charge in [0.25, 0.3) is 0 Å². The monoisotopic (exact) mass is 433 g/mol. The first-order valence-electron chi connectivity index (χ1n) is 10.0. The molecule has 0 aromatic heterocycles. The first-order valence-corrected chi connectivity index (χ1v) is 11.5. The Morgan fingerprint density at radius 3 is 2.50 bits per heavy atom. The number of benzene rings is 2. The fraction of sp³-hybridized carbons (Fsp3) is 0.409. The Kier molecular flexibility index (Phi) is 7.23. The van der Waals surface area contributed by atoms with E-state index in [0.29, 0.717) is 13.1 Å². The van der Waals surface area contributed by atoms with Crippen molar-refractivity contribution in [1.82, 2.24) is 14.5 Å². The summed E-state index contributed by atoms with van der Waals surface area (Å²) >= 11 is 0. The summed E-state index contributed by atoms with van der Waals surface area (Å²) in [6, 6.07) is 13.6. The molecule has 162 valence electrons. The van der Waals surface area contributed by atoms with Crippen LogP contribution >= 0.6 is 0 Å². The van der Waals surface area contributed by atoms with Gasteiger partial charge in [-0.05, 0) is 51.1 Å². The van der Waals surface area contributed by atoms with Gasteiger partial charge in [0.1, 0.15) is 16.8 Å². The Balaban J connectivity index is 1.87. The number of carbonyl (C=O) groups excluding carboxylic acids is 1. The summed E-state index contributed by atoms with van der Waals surface area (Å²) < 4.78 is 42.4. The van der Waals surface area contributed by atoms with Crippen molar-refractivity contribution in [3.63, 3.8) is 0 Å². The maximum absolute atomic E-state index is 14.1. The second kappa shape index (κ2) is 9.68. The first kappa shape index (κ1) is 22.4. The molecule has 6 nitrogen and oxygen atoms in total. The van der Waals surface area contributed by atoms with E-state index < -0.39 is 26.8 Å². The Bertz CT molecular complexity index is 967. The van der Waals surface area contributed by atoms with E-state index in [0.717, 1.165) is 24.5 Å². The molecule has 0 spiro atoms. The van der Waals surface area contributed by atoms with Crippen LogP contribution in [0.15, 0.2) is 59.5 Å². The van der Waals surface area contributed by atoms with Crippen molar-refractivity contribution in [2.24, 2.45) is 0 Å². The van der Waals surface area contributed by atoms with Gasteiger partial charge in [-0.25, -0.2) is 12.8 Å². The number of hydrogen-bond acceptors (Lipinski definition) is 4. The third-order valence-electron chi connectivity index (χ3n) is 5.44. The maximum atomic E-state index is 14.1. The molecule has 2 aromatic rings. The van der Waals surface area contributed by atoms with Crippen molar-refractivity contribution in [1.29, 1.82) is 0 Å². The zero-order chi connectivity index (χ0) is 21.7. The lowest BCUT2D eigenvalue weighted by atomic mass is 10.0. The number of halogens is 1. The topological polar surface area (TPSA) is 69.7 Å². The van der Waals surface area contributed by atoms with Crippen LogP contribution in [0.2, 0.25) is 0 Å². The van der Waals surface area contributed by atoms with Crippen LogP contribution in [-0.2, 0) is 21.2 Å². The average Bonchev–Trinajstić information content (AvgIpc) is 2.73. The minimum absolute atomic E-state index is 0.191. The third kappa shape index (κ3) is 5.44. The van der Waals surface area contributed by atoms with Crippen LogP contribution < -0.4 is 4.72 Å². The molecule has 1 aliphatic heterocycles. The predicted molar refractivity (Wildman–Crippen MR) is 114 cm³/mol. The van der Waals surface area contributed by atoms with E-state index in [1.807, 2.05) is 44.4 Å². The quantitative estimate of drug-likeness (QED) is 0.727. The molecule has 2 atom stereocenters. The van der Waals surface area contributed by atoms with E-state index in [2.05, 4.69) is 9.62 Å². The Morgan fingerprint density at radius 1 is 1.17 bits per heavy atom. The number of amides is 1. The van der Waals surface area contributed by atoms with Gasteiger partial charge in [0.15, 0.2) is 0 Å². The van der Waals surface area contributed by atoms with Crippen molar-refractivity contribution in [2.75, 3.05) is 27.2 Å². The fourth-order valence-electron chi connectivity index (χ4n) is 3.74. The van der Waals surface area contributed by atoms with Crippen LogP contribution in [0.1, 0.15) is 18.4 Å². The second-order valence-electron chi connectivity index (χ2n) is 7.84. The highest BCUT2D eigenvalue weighted by Gasteiger charge is 2.33. The molecular weight excluding hydrogens is 405 g/mol. The summed E-state index contributed by atoms with van der Waals surface area (Å²) in [5.41, 5.74) is 0.827. The van der Waals surface area contributed by atoms with Gasteiger partial charge < -0.3 is 9.80 Å². The zero-order valence-electron chi connectivity index (χ0n) is 17.3. The predicted octanol–water partition coefficient (Wildman–Crippen LogP) is 2.27. The van der Waals surface area contributed by atoms with Crippen molar-refractivity contribution >= 4 is 15.9 Å². The molecule has 1 aliphatic rings. The molecule has 0 saturated carbocycles. The second-order valence-corrected chi connectivity index (χ2v) is 9.52. The molecule has 0 radical (unpaired) electrons. The number of piperidine rings is 1. The number of sulfonamides is 1. The van der Waals surface area contributed by atoms with E-state index in [4.69, 9.17) is 0 Å². The van der Waals surface area contributed by atoms with Crippen LogP contribution in [0.3, 0.4) is 0 Å². The first-order chi connectivity index (χ1) is 14.3. The van der Waals surface area contributed by atoms with Crippen LogP contribution in [-0.4, -0.2) is 63.4 Å². The Labute approximate surface area is 177 Å². The summed E-state index contributed by atoms with van der Waals surface area (Å²) in [4.78, 5) is 16.7. The van der Waals surface area contributed by atoms with Gasteiger partial charge in [0.2, 0.25) is 15.9 Å². The normalized spacial score (nSPS) is 18.4. The molecule has 0 bridgehead atoms. The smallest absolute Gasteiger partial charge is 0.244 e. The van der Waals surface area contributed by atoms with Crippen molar-refractivity contribution in [2.45, 2.75) is 36.2 Å². The highest BCUT2D eigenvalue weighted by Crippen LogP contribution is 2.19. The van der Waals surface area contributed by atoms with Crippen molar-refractivity contribution in [3.8, 4) is 0 Å². The van der Waals surface area contributed by atoms with Crippen LogP contribution in [0.25, 0.3) is 0 Å². The number of rotatable bonds is 7. The minimum Gasteiger partial charge on any atom is -0.340 e. The van der Waals surface area contributed by atoms with Gasteiger partial charge in [-0.1, -0.05) is 42.5 Å². The lowest BCUT2D eigenvalue weighted by molar-refractivity contribution is -0.134. The SMILES string of the molecule is CN(C)C1CCCN(C(=O)C(Cc2ccccc2)NS(=O)(=O)c2ccccc2F)C1. The molecule has 3 rings (SSSR count). The maximum Gasteiger partial charge on any atom is 0.244 e. The lowest BCUT2D eigenvalue weighted by Crippen LogP contribution is -2.54. The number of nitrogens with zero attached hydrogens (tertiary/aromatic N) is 2. The molecule has 1 amide bonds. The van der Waals surface area contributed by atoms with E-state index >= 15 is 0 Å². The summed E-state index contributed by atoms with van der Waals surface area (Å²) in [5.74, 6) is -1.13. The number of carbonyl (C=O) groups is 1. The molecular formula is C22H28FN3O3S. The van der Waals surface area contributed by atoms with Crippen LogP contribution in [0.5, 0.6) is 0 Å². The summed E-state index contributed by atoms with van der Waals surface area (Å²) in [6.07, 6.45) is 2.03. The summed E-state index contributed by atoms with van der Waals surface area (Å²) in [6.45, 7) is 1.12. The number of likely N-dealkylation sites (N-methyl/N-ethyl adjacent to an activating group) is 1. The Morgan fingerprint density at radius 2 is 1.83 bits per heavy atom. The van der Waals surface area contributed by atoms with Crippen molar-refractivity contribution < 1.29 is 17.6 Å². The van der Waals surface area contributed by atoms with E-state index in [9.17, 15) is 17.6 Å². The summed E-state index contributed by atoms with van der Waals surface area (Å²) in [5, 5.41) is 0. The van der Waals surface area contributed by atoms with E-state index in [1.165, 1.54) is 18.2 Å². The highest BCUT2D eigenvalue weighted by atomic mass is 32.2. The van der Waals surface area contributed by atoms with Crippen molar-refractivity contribution in [3.05, 3.63) is 66.0 Å².